The summed E-state index contributed by atoms with van der Waals surface area (Å²) in [6.45, 7) is 2.20. The number of hydrogen-bond acceptors (Lipinski definition) is 3. The van der Waals surface area contributed by atoms with Gasteiger partial charge in [0.1, 0.15) is 5.82 Å². The van der Waals surface area contributed by atoms with Gasteiger partial charge in [0.05, 0.1) is 12.6 Å². The van der Waals surface area contributed by atoms with E-state index >= 15 is 0 Å². The van der Waals surface area contributed by atoms with Crippen LogP contribution in [0.15, 0.2) is 18.3 Å². The summed E-state index contributed by atoms with van der Waals surface area (Å²) in [4.78, 5) is 6.02. The van der Waals surface area contributed by atoms with Crippen molar-refractivity contribution in [2.45, 2.75) is 13.0 Å². The number of rotatable bonds is 3. The summed E-state index contributed by atoms with van der Waals surface area (Å²) >= 11 is 0. The molecule has 1 N–H and O–H groups in total. The first kappa shape index (κ1) is 10.6. The Morgan fingerprint density at radius 1 is 1.71 bits per heavy atom. The van der Waals surface area contributed by atoms with E-state index in [2.05, 4.69) is 10.9 Å². The summed E-state index contributed by atoms with van der Waals surface area (Å²) in [7, 11) is 1.86. The van der Waals surface area contributed by atoms with Gasteiger partial charge in [-0.3, -0.25) is 0 Å². The first-order chi connectivity index (χ1) is 6.66. The Morgan fingerprint density at radius 2 is 2.43 bits per heavy atom. The van der Waals surface area contributed by atoms with E-state index in [0.29, 0.717) is 6.54 Å². The normalized spacial score (nSPS) is 11.9. The Balaban J connectivity index is 3.01. The molecule has 0 aromatic carbocycles. The average molecular weight is 190 g/mol. The zero-order chi connectivity index (χ0) is 10.6. The fourth-order valence-electron chi connectivity index (χ4n) is 1.27. The molecule has 1 rings (SSSR count). The number of nitrogens with zero attached hydrogens (tertiary/aromatic N) is 2. The highest BCUT2D eigenvalue weighted by Gasteiger charge is 2.11. The molecule has 1 heterocycles. The van der Waals surface area contributed by atoms with Crippen LogP contribution < -0.4 is 4.90 Å². The van der Waals surface area contributed by atoms with Gasteiger partial charge in [0, 0.05) is 18.8 Å². The fourth-order valence-corrected chi connectivity index (χ4v) is 1.27. The highest BCUT2D eigenvalue weighted by molar-refractivity contribution is 5.47. The van der Waals surface area contributed by atoms with Crippen molar-refractivity contribution in [3.8, 4) is 12.3 Å². The van der Waals surface area contributed by atoms with E-state index < -0.39 is 6.10 Å². The first-order valence-electron chi connectivity index (χ1n) is 4.44. The standard InChI is InChI=1S/C11H14N2O/c1-4-8-13(3)11-10(9(2)14)6-5-7-12-11/h1,5-7,9,14H,8H2,2-3H3/t9-/m0/s1. The molecule has 0 fully saturated rings. The van der Waals surface area contributed by atoms with E-state index in [1.807, 2.05) is 18.0 Å². The predicted octanol–water partition coefficient (Wildman–Crippen LogP) is 1.20. The molecule has 0 aliphatic rings. The maximum absolute atomic E-state index is 9.50. The molecule has 3 nitrogen and oxygen atoms in total. The highest BCUT2D eigenvalue weighted by Crippen LogP contribution is 2.22. The summed E-state index contributed by atoms with van der Waals surface area (Å²) < 4.78 is 0. The van der Waals surface area contributed by atoms with Gasteiger partial charge in [0.2, 0.25) is 0 Å². The zero-order valence-corrected chi connectivity index (χ0v) is 8.44. The summed E-state index contributed by atoms with van der Waals surface area (Å²) in [6, 6.07) is 3.65. The van der Waals surface area contributed by atoms with E-state index in [1.165, 1.54) is 0 Å². The first-order valence-corrected chi connectivity index (χ1v) is 4.44. The Morgan fingerprint density at radius 3 is 3.00 bits per heavy atom. The van der Waals surface area contributed by atoms with Gasteiger partial charge in [-0.1, -0.05) is 12.0 Å². The van der Waals surface area contributed by atoms with Crippen LogP contribution >= 0.6 is 0 Å². The second kappa shape index (κ2) is 4.64. The van der Waals surface area contributed by atoms with Gasteiger partial charge in [-0.05, 0) is 13.0 Å². The quantitative estimate of drug-likeness (QED) is 0.728. The zero-order valence-electron chi connectivity index (χ0n) is 8.44. The van der Waals surface area contributed by atoms with Crippen LogP contribution in [-0.4, -0.2) is 23.7 Å². The van der Waals surface area contributed by atoms with Crippen molar-refractivity contribution in [1.82, 2.24) is 4.98 Å². The number of aromatic nitrogens is 1. The lowest BCUT2D eigenvalue weighted by atomic mass is 10.1. The molecule has 1 aromatic rings. The largest absolute Gasteiger partial charge is 0.389 e. The molecule has 3 heteroatoms. The van der Waals surface area contributed by atoms with E-state index in [-0.39, 0.29) is 0 Å². The third-order valence-electron chi connectivity index (χ3n) is 1.96. The Kier molecular flexibility index (Phi) is 3.49. The molecule has 0 aliphatic heterocycles. The monoisotopic (exact) mass is 190 g/mol. The van der Waals surface area contributed by atoms with Crippen molar-refractivity contribution in [2.75, 3.05) is 18.5 Å². The molecule has 74 valence electrons. The van der Waals surface area contributed by atoms with Crippen molar-refractivity contribution in [3.05, 3.63) is 23.9 Å². The van der Waals surface area contributed by atoms with Gasteiger partial charge >= 0.3 is 0 Å². The lowest BCUT2D eigenvalue weighted by molar-refractivity contribution is 0.199. The number of terminal acetylenes is 1. The number of aliphatic hydroxyl groups is 1. The molecule has 0 bridgehead atoms. The van der Waals surface area contributed by atoms with E-state index in [1.54, 1.807) is 19.2 Å². The number of anilines is 1. The van der Waals surface area contributed by atoms with E-state index in [0.717, 1.165) is 11.4 Å². The molecule has 14 heavy (non-hydrogen) atoms. The van der Waals surface area contributed by atoms with Gasteiger partial charge in [-0.25, -0.2) is 4.98 Å². The van der Waals surface area contributed by atoms with Crippen LogP contribution in [0.3, 0.4) is 0 Å². The minimum absolute atomic E-state index is 0.483. The van der Waals surface area contributed by atoms with Gasteiger partial charge in [0.25, 0.3) is 0 Å². The summed E-state index contributed by atoms with van der Waals surface area (Å²) in [5.74, 6) is 3.27. The van der Waals surface area contributed by atoms with Gasteiger partial charge in [0.15, 0.2) is 0 Å². The van der Waals surface area contributed by atoms with Crippen LogP contribution in [0.25, 0.3) is 0 Å². The second-order valence-electron chi connectivity index (χ2n) is 3.15. The van der Waals surface area contributed by atoms with Crippen LogP contribution in [0.4, 0.5) is 5.82 Å². The average Bonchev–Trinajstić information content (AvgIpc) is 2.18. The molecule has 1 atom stereocenters. The second-order valence-corrected chi connectivity index (χ2v) is 3.15. The Bertz CT molecular complexity index is 341. The van der Waals surface area contributed by atoms with Crippen LogP contribution in [0.5, 0.6) is 0 Å². The van der Waals surface area contributed by atoms with Gasteiger partial charge < -0.3 is 10.0 Å². The minimum atomic E-state index is -0.529. The summed E-state index contributed by atoms with van der Waals surface area (Å²) in [6.07, 6.45) is 6.37. The molecular formula is C11H14N2O. The number of hydrogen-bond donors (Lipinski definition) is 1. The van der Waals surface area contributed by atoms with Crippen molar-refractivity contribution in [3.63, 3.8) is 0 Å². The Labute approximate surface area is 84.4 Å². The molecule has 0 unspecified atom stereocenters. The highest BCUT2D eigenvalue weighted by atomic mass is 16.3. The topological polar surface area (TPSA) is 36.4 Å². The van der Waals surface area contributed by atoms with Gasteiger partial charge in [-0.15, -0.1) is 6.42 Å². The number of aliphatic hydroxyl groups excluding tert-OH is 1. The predicted molar refractivity (Wildman–Crippen MR) is 57.0 cm³/mol. The van der Waals surface area contributed by atoms with Crippen LogP contribution in [0, 0.1) is 12.3 Å². The summed E-state index contributed by atoms with van der Waals surface area (Å²) in [5, 5.41) is 9.50. The van der Waals surface area contributed by atoms with Crippen LogP contribution in [-0.2, 0) is 0 Å². The third kappa shape index (κ3) is 2.24. The van der Waals surface area contributed by atoms with Crippen molar-refractivity contribution >= 4 is 5.82 Å². The van der Waals surface area contributed by atoms with Gasteiger partial charge in [-0.2, -0.15) is 0 Å². The molecule has 0 saturated heterocycles. The smallest absolute Gasteiger partial charge is 0.134 e. The van der Waals surface area contributed by atoms with E-state index in [9.17, 15) is 5.11 Å². The number of pyridine rings is 1. The SMILES string of the molecule is C#CCN(C)c1ncccc1[C@H](C)O. The van der Waals surface area contributed by atoms with E-state index in [4.69, 9.17) is 6.42 Å². The minimum Gasteiger partial charge on any atom is -0.389 e. The van der Waals surface area contributed by atoms with Crippen molar-refractivity contribution < 1.29 is 5.11 Å². The molecule has 1 aromatic heterocycles. The lowest BCUT2D eigenvalue weighted by Crippen LogP contribution is -2.20. The van der Waals surface area contributed by atoms with Crippen LogP contribution in [0.2, 0.25) is 0 Å². The molecule has 0 saturated carbocycles. The van der Waals surface area contributed by atoms with Crippen LogP contribution in [0.1, 0.15) is 18.6 Å². The Hall–Kier alpha value is -1.53. The molecule has 0 aliphatic carbocycles. The molecular weight excluding hydrogens is 176 g/mol. The maximum atomic E-state index is 9.50. The fraction of sp³-hybridized carbons (Fsp3) is 0.364. The summed E-state index contributed by atoms with van der Waals surface area (Å²) in [5.41, 5.74) is 0.797. The lowest BCUT2D eigenvalue weighted by Gasteiger charge is -2.19. The molecule has 0 amide bonds. The van der Waals surface area contributed by atoms with Crippen molar-refractivity contribution in [2.24, 2.45) is 0 Å². The van der Waals surface area contributed by atoms with Crippen molar-refractivity contribution in [1.29, 1.82) is 0 Å². The molecule has 0 radical (unpaired) electrons. The molecule has 0 spiro atoms. The maximum Gasteiger partial charge on any atom is 0.134 e. The third-order valence-corrected chi connectivity index (χ3v) is 1.96.